The third kappa shape index (κ3) is 3.55. The SMILES string of the molecule is COc1cccc(CC2CCN(C(=O)c3cc(=O)n4[nH]cnc4n3)CC2)c1. The van der Waals surface area contributed by atoms with Crippen LogP contribution in [0, 0.1) is 5.92 Å². The third-order valence-electron chi connectivity index (χ3n) is 5.05. The van der Waals surface area contributed by atoms with Gasteiger partial charge in [0.2, 0.25) is 0 Å². The van der Waals surface area contributed by atoms with E-state index in [1.165, 1.54) is 22.5 Å². The summed E-state index contributed by atoms with van der Waals surface area (Å²) in [7, 11) is 1.67. The maximum Gasteiger partial charge on any atom is 0.274 e. The number of carbonyl (C=O) groups excluding carboxylic acids is 1. The van der Waals surface area contributed by atoms with Gasteiger partial charge in [0.1, 0.15) is 17.8 Å². The van der Waals surface area contributed by atoms with Crippen LogP contribution in [0.4, 0.5) is 0 Å². The van der Waals surface area contributed by atoms with E-state index in [9.17, 15) is 9.59 Å². The monoisotopic (exact) mass is 367 g/mol. The van der Waals surface area contributed by atoms with Crippen molar-refractivity contribution >= 4 is 11.7 Å². The second kappa shape index (κ2) is 7.22. The van der Waals surface area contributed by atoms with Gasteiger partial charge in [-0.15, -0.1) is 0 Å². The van der Waals surface area contributed by atoms with Gasteiger partial charge in [0.25, 0.3) is 17.2 Å². The van der Waals surface area contributed by atoms with Crippen molar-refractivity contribution in [2.75, 3.05) is 20.2 Å². The molecule has 1 saturated heterocycles. The zero-order valence-electron chi connectivity index (χ0n) is 15.1. The maximum absolute atomic E-state index is 12.7. The first-order chi connectivity index (χ1) is 13.1. The van der Waals surface area contributed by atoms with Crippen molar-refractivity contribution < 1.29 is 9.53 Å². The quantitative estimate of drug-likeness (QED) is 0.755. The molecule has 1 N–H and O–H groups in total. The molecule has 3 aromatic rings. The molecule has 1 fully saturated rings. The average molecular weight is 367 g/mol. The van der Waals surface area contributed by atoms with E-state index in [2.05, 4.69) is 27.2 Å². The Hall–Kier alpha value is -3.16. The number of hydrogen-bond donors (Lipinski definition) is 1. The highest BCUT2D eigenvalue weighted by atomic mass is 16.5. The number of hydrogen-bond acceptors (Lipinski definition) is 5. The molecule has 1 amide bonds. The average Bonchev–Trinajstić information content (AvgIpc) is 3.17. The van der Waals surface area contributed by atoms with E-state index >= 15 is 0 Å². The molecule has 4 rings (SSSR count). The molecule has 0 bridgehead atoms. The molecule has 0 spiro atoms. The van der Waals surface area contributed by atoms with E-state index in [1.54, 1.807) is 12.0 Å². The Balaban J connectivity index is 1.40. The number of ether oxygens (including phenoxy) is 1. The minimum Gasteiger partial charge on any atom is -0.497 e. The number of methoxy groups -OCH3 is 1. The molecule has 0 radical (unpaired) electrons. The van der Waals surface area contributed by atoms with Crippen LogP contribution in [-0.4, -0.2) is 50.6 Å². The van der Waals surface area contributed by atoms with E-state index in [4.69, 9.17) is 4.74 Å². The van der Waals surface area contributed by atoms with Gasteiger partial charge >= 0.3 is 0 Å². The van der Waals surface area contributed by atoms with Crippen molar-refractivity contribution in [2.24, 2.45) is 5.92 Å². The van der Waals surface area contributed by atoms with Gasteiger partial charge in [-0.05, 0) is 42.9 Å². The van der Waals surface area contributed by atoms with Crippen molar-refractivity contribution in [3.8, 4) is 5.75 Å². The van der Waals surface area contributed by atoms with Crippen molar-refractivity contribution in [1.29, 1.82) is 0 Å². The van der Waals surface area contributed by atoms with Crippen LogP contribution < -0.4 is 10.3 Å². The Kier molecular flexibility index (Phi) is 4.62. The molecular formula is C19H21N5O3. The fourth-order valence-electron chi connectivity index (χ4n) is 3.57. The summed E-state index contributed by atoms with van der Waals surface area (Å²) < 4.78 is 6.49. The number of H-pyrrole nitrogens is 1. The Morgan fingerprint density at radius 1 is 1.30 bits per heavy atom. The van der Waals surface area contributed by atoms with Crippen LogP contribution in [-0.2, 0) is 6.42 Å². The third-order valence-corrected chi connectivity index (χ3v) is 5.05. The highest BCUT2D eigenvalue weighted by Crippen LogP contribution is 2.24. The molecule has 1 aliphatic rings. The van der Waals surface area contributed by atoms with Crippen LogP contribution >= 0.6 is 0 Å². The molecule has 1 aliphatic heterocycles. The molecule has 0 saturated carbocycles. The summed E-state index contributed by atoms with van der Waals surface area (Å²) in [5, 5.41) is 2.67. The van der Waals surface area contributed by atoms with Crippen LogP contribution in [0.1, 0.15) is 28.9 Å². The standard InChI is InChI=1S/C19H21N5O3/c1-27-15-4-2-3-14(10-15)9-13-5-7-23(8-6-13)18(26)16-11-17(25)24-19(22-16)20-12-21-24/h2-4,10-13H,5-9H2,1H3,(H,20,21,22). The number of likely N-dealkylation sites (tertiary alicyclic amines) is 1. The van der Waals surface area contributed by atoms with Crippen molar-refractivity contribution in [3.05, 3.63) is 58.3 Å². The van der Waals surface area contributed by atoms with Crippen LogP contribution in [0.25, 0.3) is 5.78 Å². The molecule has 3 heterocycles. The maximum atomic E-state index is 12.7. The smallest absolute Gasteiger partial charge is 0.274 e. The number of amides is 1. The summed E-state index contributed by atoms with van der Waals surface area (Å²) >= 11 is 0. The summed E-state index contributed by atoms with van der Waals surface area (Å²) in [5.41, 5.74) is 1.06. The highest BCUT2D eigenvalue weighted by Gasteiger charge is 2.25. The van der Waals surface area contributed by atoms with E-state index in [0.29, 0.717) is 19.0 Å². The number of fused-ring (bicyclic) bond motifs is 1. The molecule has 0 unspecified atom stereocenters. The molecule has 140 valence electrons. The number of benzene rings is 1. The van der Waals surface area contributed by atoms with Gasteiger partial charge in [0.15, 0.2) is 0 Å². The van der Waals surface area contributed by atoms with Crippen molar-refractivity contribution in [1.82, 2.24) is 24.5 Å². The number of carbonyl (C=O) groups is 1. The normalized spacial score (nSPS) is 15.2. The lowest BCUT2D eigenvalue weighted by molar-refractivity contribution is 0.0684. The molecule has 1 aromatic carbocycles. The predicted octanol–water partition coefficient (Wildman–Crippen LogP) is 1.52. The summed E-state index contributed by atoms with van der Waals surface area (Å²) in [6.45, 7) is 1.32. The second-order valence-corrected chi connectivity index (χ2v) is 6.79. The lowest BCUT2D eigenvalue weighted by atomic mass is 9.90. The Labute approximate surface area is 155 Å². The summed E-state index contributed by atoms with van der Waals surface area (Å²) in [6, 6.07) is 9.37. The lowest BCUT2D eigenvalue weighted by Gasteiger charge is -2.31. The number of nitrogens with zero attached hydrogens (tertiary/aromatic N) is 4. The molecular weight excluding hydrogens is 346 g/mol. The zero-order chi connectivity index (χ0) is 18.8. The lowest BCUT2D eigenvalue weighted by Crippen LogP contribution is -2.39. The number of aromatic nitrogens is 4. The second-order valence-electron chi connectivity index (χ2n) is 6.79. The Morgan fingerprint density at radius 3 is 2.89 bits per heavy atom. The number of rotatable bonds is 4. The van der Waals surface area contributed by atoms with Gasteiger partial charge in [0, 0.05) is 19.2 Å². The Bertz CT molecular complexity index is 1020. The first-order valence-electron chi connectivity index (χ1n) is 8.99. The summed E-state index contributed by atoms with van der Waals surface area (Å²) in [5.74, 6) is 1.39. The molecule has 8 heteroatoms. The summed E-state index contributed by atoms with van der Waals surface area (Å²) in [6.07, 6.45) is 4.19. The van der Waals surface area contributed by atoms with Crippen molar-refractivity contribution in [3.63, 3.8) is 0 Å². The predicted molar refractivity (Wildman–Crippen MR) is 98.9 cm³/mol. The minimum absolute atomic E-state index is 0.151. The van der Waals surface area contributed by atoms with Gasteiger partial charge < -0.3 is 9.64 Å². The molecule has 8 nitrogen and oxygen atoms in total. The van der Waals surface area contributed by atoms with Crippen molar-refractivity contribution in [2.45, 2.75) is 19.3 Å². The summed E-state index contributed by atoms with van der Waals surface area (Å²) in [4.78, 5) is 34.7. The zero-order valence-corrected chi connectivity index (χ0v) is 15.1. The molecule has 0 atom stereocenters. The van der Waals surface area contributed by atoms with Gasteiger partial charge in [-0.1, -0.05) is 12.1 Å². The van der Waals surface area contributed by atoms with E-state index in [1.807, 2.05) is 12.1 Å². The fourth-order valence-corrected chi connectivity index (χ4v) is 3.57. The van der Waals surface area contributed by atoms with Crippen LogP contribution in [0.5, 0.6) is 5.75 Å². The topological polar surface area (TPSA) is 92.6 Å². The highest BCUT2D eigenvalue weighted by molar-refractivity contribution is 5.92. The van der Waals surface area contributed by atoms with Crippen LogP contribution in [0.2, 0.25) is 0 Å². The van der Waals surface area contributed by atoms with E-state index < -0.39 is 0 Å². The van der Waals surface area contributed by atoms with Gasteiger partial charge in [-0.25, -0.2) is 9.97 Å². The molecule has 27 heavy (non-hydrogen) atoms. The largest absolute Gasteiger partial charge is 0.497 e. The first kappa shape index (κ1) is 17.3. The molecule has 2 aromatic heterocycles. The Morgan fingerprint density at radius 2 is 2.11 bits per heavy atom. The molecule has 0 aliphatic carbocycles. The number of aromatic amines is 1. The van der Waals surface area contributed by atoms with E-state index in [0.717, 1.165) is 25.0 Å². The van der Waals surface area contributed by atoms with Gasteiger partial charge in [-0.2, -0.15) is 4.52 Å². The van der Waals surface area contributed by atoms with E-state index in [-0.39, 0.29) is 22.9 Å². The van der Waals surface area contributed by atoms with Crippen LogP contribution in [0.15, 0.2) is 41.5 Å². The van der Waals surface area contributed by atoms with Gasteiger partial charge in [0.05, 0.1) is 7.11 Å². The van der Waals surface area contributed by atoms with Crippen LogP contribution in [0.3, 0.4) is 0 Å². The fraction of sp³-hybridized carbons (Fsp3) is 0.368. The van der Waals surface area contributed by atoms with Gasteiger partial charge in [-0.3, -0.25) is 14.7 Å². The minimum atomic E-state index is -0.339. The first-order valence-corrected chi connectivity index (χ1v) is 8.99. The number of piperidine rings is 1. The number of nitrogens with one attached hydrogen (secondary N) is 1.